The molecular formula is C10H9F3N2O2. The van der Waals surface area contributed by atoms with E-state index in [9.17, 15) is 18.0 Å². The topological polar surface area (TPSA) is 66.6 Å². The van der Waals surface area contributed by atoms with Crippen molar-refractivity contribution in [2.45, 2.75) is 6.04 Å². The summed E-state index contributed by atoms with van der Waals surface area (Å²) < 4.78 is 39.1. The molecule has 1 aromatic carbocycles. The summed E-state index contributed by atoms with van der Waals surface area (Å²) in [4.78, 5) is 12.8. The Hall–Kier alpha value is -1.76. The van der Waals surface area contributed by atoms with Gasteiger partial charge in [0.2, 0.25) is 5.82 Å². The monoisotopic (exact) mass is 246 g/mol. The van der Waals surface area contributed by atoms with Crippen molar-refractivity contribution < 1.29 is 23.1 Å². The minimum atomic E-state index is -1.71. The fraction of sp³-hybridized carbons (Fsp3) is 0.300. The second kappa shape index (κ2) is 3.92. The van der Waals surface area contributed by atoms with Crippen molar-refractivity contribution in [3.8, 4) is 5.75 Å². The van der Waals surface area contributed by atoms with Crippen molar-refractivity contribution in [2.75, 3.05) is 13.1 Å². The minimum absolute atomic E-state index is 0.194. The number of nitrogens with two attached hydrogens (primary N) is 1. The third kappa shape index (κ3) is 1.82. The number of phenols is 1. The van der Waals surface area contributed by atoms with Crippen LogP contribution in [0.25, 0.3) is 0 Å². The van der Waals surface area contributed by atoms with Crippen LogP contribution < -0.4 is 5.73 Å². The Morgan fingerprint density at radius 3 is 2.47 bits per heavy atom. The lowest BCUT2D eigenvalue weighted by Gasteiger charge is -2.36. The number of amides is 1. The zero-order chi connectivity index (χ0) is 12.7. The number of likely N-dealkylation sites (tertiary alicyclic amines) is 1. The SMILES string of the molecule is NC1CN(C(=O)c2cc(F)c(F)c(O)c2F)C1. The van der Waals surface area contributed by atoms with Crippen molar-refractivity contribution in [1.29, 1.82) is 0 Å². The predicted octanol–water partition coefficient (Wildman–Crippen LogP) is 0.593. The van der Waals surface area contributed by atoms with Crippen molar-refractivity contribution in [1.82, 2.24) is 4.90 Å². The molecule has 2 rings (SSSR count). The molecule has 0 atom stereocenters. The Kier molecular flexibility index (Phi) is 2.70. The first-order valence-electron chi connectivity index (χ1n) is 4.83. The van der Waals surface area contributed by atoms with Crippen LogP contribution >= 0.6 is 0 Å². The molecule has 1 aliphatic rings. The van der Waals surface area contributed by atoms with E-state index in [0.29, 0.717) is 6.07 Å². The second-order valence-electron chi connectivity index (χ2n) is 3.85. The number of aromatic hydroxyl groups is 1. The highest BCUT2D eigenvalue weighted by Gasteiger charge is 2.32. The fourth-order valence-corrected chi connectivity index (χ4v) is 1.59. The van der Waals surface area contributed by atoms with Gasteiger partial charge in [0.05, 0.1) is 5.56 Å². The summed E-state index contributed by atoms with van der Waals surface area (Å²) in [6, 6.07) is 0.234. The van der Waals surface area contributed by atoms with Crippen LogP contribution in [0.4, 0.5) is 13.2 Å². The van der Waals surface area contributed by atoms with Crippen molar-refractivity contribution in [2.24, 2.45) is 5.73 Å². The van der Waals surface area contributed by atoms with Gasteiger partial charge in [0.15, 0.2) is 17.4 Å². The first-order chi connectivity index (χ1) is 7.91. The number of carbonyl (C=O) groups excluding carboxylic acids is 1. The average Bonchev–Trinajstić information content (AvgIpc) is 2.26. The highest BCUT2D eigenvalue weighted by molar-refractivity contribution is 5.95. The van der Waals surface area contributed by atoms with Crippen LogP contribution in [-0.4, -0.2) is 35.0 Å². The molecule has 0 aromatic heterocycles. The number of carbonyl (C=O) groups is 1. The molecule has 1 aliphatic heterocycles. The molecule has 3 N–H and O–H groups in total. The highest BCUT2D eigenvalue weighted by Crippen LogP contribution is 2.27. The van der Waals surface area contributed by atoms with Gasteiger partial charge in [0, 0.05) is 19.1 Å². The summed E-state index contributed by atoms with van der Waals surface area (Å²) >= 11 is 0. The third-order valence-electron chi connectivity index (χ3n) is 2.56. The Morgan fingerprint density at radius 1 is 1.35 bits per heavy atom. The Morgan fingerprint density at radius 2 is 1.94 bits per heavy atom. The van der Waals surface area contributed by atoms with E-state index in [1.807, 2.05) is 0 Å². The average molecular weight is 246 g/mol. The van der Waals surface area contributed by atoms with E-state index in [1.165, 1.54) is 4.90 Å². The summed E-state index contributed by atoms with van der Waals surface area (Å²) in [5, 5.41) is 8.96. The standard InChI is InChI=1S/C10H9F3N2O2/c11-6-1-5(7(12)9(16)8(6)13)10(17)15-2-4(14)3-15/h1,4,16H,2-3,14H2. The maximum atomic E-state index is 13.4. The van der Waals surface area contributed by atoms with Gasteiger partial charge < -0.3 is 15.7 Å². The molecule has 0 bridgehead atoms. The number of benzene rings is 1. The van der Waals surface area contributed by atoms with Crippen molar-refractivity contribution >= 4 is 5.91 Å². The van der Waals surface area contributed by atoms with Crippen molar-refractivity contribution in [3.05, 3.63) is 29.1 Å². The molecule has 0 spiro atoms. The van der Waals surface area contributed by atoms with Gasteiger partial charge in [0.25, 0.3) is 5.91 Å². The number of halogens is 3. The maximum absolute atomic E-state index is 13.4. The van der Waals surface area contributed by atoms with E-state index >= 15 is 0 Å². The van der Waals surface area contributed by atoms with E-state index < -0.39 is 34.7 Å². The number of phenolic OH excluding ortho intramolecular Hbond substituents is 1. The van der Waals surface area contributed by atoms with E-state index in [1.54, 1.807) is 0 Å². The van der Waals surface area contributed by atoms with Gasteiger partial charge in [-0.1, -0.05) is 0 Å². The van der Waals surface area contributed by atoms with Gasteiger partial charge in [-0.05, 0) is 6.07 Å². The molecule has 17 heavy (non-hydrogen) atoms. The third-order valence-corrected chi connectivity index (χ3v) is 2.56. The summed E-state index contributed by atoms with van der Waals surface area (Å²) in [7, 11) is 0. The highest BCUT2D eigenvalue weighted by atomic mass is 19.2. The zero-order valence-electron chi connectivity index (χ0n) is 8.58. The summed E-state index contributed by atoms with van der Waals surface area (Å²) in [5.74, 6) is -6.96. The molecule has 1 fully saturated rings. The minimum Gasteiger partial charge on any atom is -0.503 e. The van der Waals surface area contributed by atoms with Crippen LogP contribution in [0.1, 0.15) is 10.4 Å². The molecule has 0 unspecified atom stereocenters. The van der Waals surface area contributed by atoms with E-state index in [-0.39, 0.29) is 19.1 Å². The maximum Gasteiger partial charge on any atom is 0.257 e. The normalized spacial score (nSPS) is 15.9. The summed E-state index contributed by atoms with van der Waals surface area (Å²) in [5.41, 5.74) is 4.73. The molecular weight excluding hydrogens is 237 g/mol. The lowest BCUT2D eigenvalue weighted by molar-refractivity contribution is 0.0601. The van der Waals surface area contributed by atoms with Crippen LogP contribution in [-0.2, 0) is 0 Å². The first-order valence-corrected chi connectivity index (χ1v) is 4.83. The quantitative estimate of drug-likeness (QED) is 0.713. The van der Waals surface area contributed by atoms with Gasteiger partial charge in [-0.3, -0.25) is 4.79 Å². The molecule has 0 radical (unpaired) electrons. The summed E-state index contributed by atoms with van der Waals surface area (Å²) in [6.45, 7) is 0.441. The molecule has 92 valence electrons. The number of rotatable bonds is 1. The number of hydrogen-bond donors (Lipinski definition) is 2. The smallest absolute Gasteiger partial charge is 0.257 e. The first kappa shape index (κ1) is 11.7. The Labute approximate surface area is 94.4 Å². The lowest BCUT2D eigenvalue weighted by atomic mass is 10.1. The second-order valence-corrected chi connectivity index (χ2v) is 3.85. The van der Waals surface area contributed by atoms with Crippen LogP contribution in [0.15, 0.2) is 6.07 Å². The predicted molar refractivity (Wildman–Crippen MR) is 51.9 cm³/mol. The summed E-state index contributed by atoms with van der Waals surface area (Å²) in [6.07, 6.45) is 0. The molecule has 1 heterocycles. The Balaban J connectivity index is 2.36. The van der Waals surface area contributed by atoms with Gasteiger partial charge in [-0.2, -0.15) is 4.39 Å². The van der Waals surface area contributed by atoms with Gasteiger partial charge in [-0.15, -0.1) is 0 Å². The van der Waals surface area contributed by atoms with E-state index in [4.69, 9.17) is 10.8 Å². The number of nitrogens with zero attached hydrogens (tertiary/aromatic N) is 1. The van der Waals surface area contributed by atoms with Gasteiger partial charge in [0.1, 0.15) is 0 Å². The lowest BCUT2D eigenvalue weighted by Crippen LogP contribution is -2.57. The molecule has 0 aliphatic carbocycles. The van der Waals surface area contributed by atoms with Crippen LogP contribution in [0.5, 0.6) is 5.75 Å². The number of hydrogen-bond acceptors (Lipinski definition) is 3. The molecule has 1 aromatic rings. The van der Waals surface area contributed by atoms with Gasteiger partial charge >= 0.3 is 0 Å². The molecule has 4 nitrogen and oxygen atoms in total. The fourth-order valence-electron chi connectivity index (χ4n) is 1.59. The Bertz CT molecular complexity index is 487. The van der Waals surface area contributed by atoms with Gasteiger partial charge in [-0.25, -0.2) is 8.78 Å². The molecule has 0 saturated carbocycles. The van der Waals surface area contributed by atoms with Crippen molar-refractivity contribution in [3.63, 3.8) is 0 Å². The molecule has 7 heteroatoms. The van der Waals surface area contributed by atoms with Crippen LogP contribution in [0.3, 0.4) is 0 Å². The molecule has 1 amide bonds. The zero-order valence-corrected chi connectivity index (χ0v) is 8.58. The van der Waals surface area contributed by atoms with Crippen LogP contribution in [0.2, 0.25) is 0 Å². The van der Waals surface area contributed by atoms with E-state index in [2.05, 4.69) is 0 Å². The van der Waals surface area contributed by atoms with Crippen LogP contribution in [0, 0.1) is 17.5 Å². The molecule has 1 saturated heterocycles. The largest absolute Gasteiger partial charge is 0.503 e. The van der Waals surface area contributed by atoms with E-state index in [0.717, 1.165) is 0 Å².